The maximum Gasteiger partial charge on any atom is 0.0725 e. The van der Waals surface area contributed by atoms with E-state index in [1.807, 2.05) is 0 Å². The summed E-state index contributed by atoms with van der Waals surface area (Å²) in [7, 11) is 0. The van der Waals surface area contributed by atoms with Gasteiger partial charge in [-0.1, -0.05) is 206 Å². The Balaban J connectivity index is 0.841. The molecule has 0 aliphatic heterocycles. The Bertz CT molecular complexity index is 4340. The Labute approximate surface area is 443 Å². The van der Waals surface area contributed by atoms with Crippen LogP contribution in [0.4, 0.5) is 17.1 Å². The van der Waals surface area contributed by atoms with Gasteiger partial charge in [-0.25, -0.2) is 0 Å². The van der Waals surface area contributed by atoms with Crippen LogP contribution in [0.15, 0.2) is 285 Å². The van der Waals surface area contributed by atoms with Gasteiger partial charge >= 0.3 is 0 Å². The topological polar surface area (TPSA) is 8.17 Å². The number of para-hydroxylation sites is 2. The lowest BCUT2D eigenvalue weighted by molar-refractivity contribution is 0.758. The summed E-state index contributed by atoms with van der Waals surface area (Å²) in [5, 5.41) is 2.48. The molecule has 1 heterocycles. The molecule has 4 aliphatic carbocycles. The summed E-state index contributed by atoms with van der Waals surface area (Å²) in [6.07, 6.45) is 6.92. The summed E-state index contributed by atoms with van der Waals surface area (Å²) < 4.78 is 2.45. The minimum atomic E-state index is -0.450. The number of hydrogen-bond donors (Lipinski definition) is 0. The molecular formula is C74H50N2. The van der Waals surface area contributed by atoms with Crippen LogP contribution in [0.1, 0.15) is 57.3 Å². The third kappa shape index (κ3) is 5.87. The lowest BCUT2D eigenvalue weighted by atomic mass is 9.66. The van der Waals surface area contributed by atoms with Crippen molar-refractivity contribution in [2.24, 2.45) is 0 Å². The fourth-order valence-corrected chi connectivity index (χ4v) is 14.3. The maximum absolute atomic E-state index is 2.52. The SMILES string of the molecule is C1=CC2=C(CC1)c1ccccc1C2(c1ccccc1)c1ccc2c(c1)c1cc(-c3ccc(N(c4ccccc4)c4ccc5c(c4)-c4ccccc4C54c5ccccc5-c5ccccc54)cc3)ccc1n2-c1ccccc1. The molecule has 0 radical (unpaired) electrons. The van der Waals surface area contributed by atoms with Gasteiger partial charge in [-0.3, -0.25) is 0 Å². The van der Waals surface area contributed by atoms with Gasteiger partial charge in [0.1, 0.15) is 0 Å². The molecule has 0 N–H and O–H groups in total. The molecule has 12 aromatic rings. The van der Waals surface area contributed by atoms with E-state index in [1.54, 1.807) is 0 Å². The standard InChI is InChI=1S/C74H50N2/c1-4-20-51(21-5-1)73(65-31-15-10-26-57(65)58-27-11-16-32-66(58)73)52-39-45-72-64(47-52)63-46-50(38-44-71(63)76(72)54-24-8-3-9-25-54)49-36-40-55(41-37-49)75(53-22-6-2-7-23-53)56-42-43-70-62(48-56)61-30-14-19-35-69(61)74(70)67-33-17-12-28-59(67)60-29-13-18-34-68(60)74/h1-10,12-26,28-48H,11,27H2. The molecule has 4 aliphatic rings. The van der Waals surface area contributed by atoms with Crippen molar-refractivity contribution < 1.29 is 0 Å². The molecule has 1 atom stereocenters. The predicted molar refractivity (Wildman–Crippen MR) is 315 cm³/mol. The van der Waals surface area contributed by atoms with Crippen LogP contribution < -0.4 is 4.90 Å². The van der Waals surface area contributed by atoms with Crippen LogP contribution in [0.2, 0.25) is 0 Å². The summed E-state index contributed by atoms with van der Waals surface area (Å²) in [5.74, 6) is 0. The normalized spacial score (nSPS) is 16.1. The summed E-state index contributed by atoms with van der Waals surface area (Å²) in [6.45, 7) is 0. The molecule has 0 fully saturated rings. The molecule has 1 aromatic heterocycles. The van der Waals surface area contributed by atoms with Crippen LogP contribution in [0.5, 0.6) is 0 Å². The summed E-state index contributed by atoms with van der Waals surface area (Å²) in [5.41, 5.74) is 27.2. The molecule has 356 valence electrons. The highest BCUT2D eigenvalue weighted by Crippen LogP contribution is 2.63. The first-order valence-electron chi connectivity index (χ1n) is 26.8. The van der Waals surface area contributed by atoms with Gasteiger partial charge in [0, 0.05) is 33.5 Å². The first-order chi connectivity index (χ1) is 37.7. The quantitative estimate of drug-likeness (QED) is 0.155. The minimum Gasteiger partial charge on any atom is -0.310 e. The minimum absolute atomic E-state index is 0.383. The molecule has 0 amide bonds. The molecule has 2 heteroatoms. The zero-order chi connectivity index (χ0) is 50.0. The Kier molecular flexibility index (Phi) is 9.33. The van der Waals surface area contributed by atoms with Crippen molar-refractivity contribution in [2.75, 3.05) is 4.90 Å². The number of benzene rings is 11. The molecule has 2 nitrogen and oxygen atoms in total. The summed E-state index contributed by atoms with van der Waals surface area (Å²) in [6, 6.07) is 100.0. The monoisotopic (exact) mass is 966 g/mol. The molecule has 0 saturated carbocycles. The van der Waals surface area contributed by atoms with Crippen LogP contribution in [0, 0.1) is 0 Å². The zero-order valence-electron chi connectivity index (χ0n) is 41.9. The van der Waals surface area contributed by atoms with Crippen molar-refractivity contribution in [1.29, 1.82) is 0 Å². The molecule has 0 bridgehead atoms. The maximum atomic E-state index is 2.52. The number of hydrogen-bond acceptors (Lipinski definition) is 1. The van der Waals surface area contributed by atoms with E-state index in [1.165, 1.54) is 111 Å². The average Bonchev–Trinajstić information content (AvgIpc) is 4.40. The Hall–Kier alpha value is -9.50. The fraction of sp³-hybridized carbons (Fsp3) is 0.0541. The van der Waals surface area contributed by atoms with Gasteiger partial charge in [0.25, 0.3) is 0 Å². The van der Waals surface area contributed by atoms with Crippen molar-refractivity contribution in [2.45, 2.75) is 23.7 Å². The predicted octanol–water partition coefficient (Wildman–Crippen LogP) is 18.7. The lowest BCUT2D eigenvalue weighted by Gasteiger charge is -2.35. The number of fused-ring (bicyclic) bond motifs is 15. The van der Waals surface area contributed by atoms with Gasteiger partial charge < -0.3 is 9.47 Å². The molecule has 1 unspecified atom stereocenters. The molecule has 1 spiro atoms. The fourth-order valence-electron chi connectivity index (χ4n) is 14.3. The van der Waals surface area contributed by atoms with Crippen LogP contribution in [0.3, 0.4) is 0 Å². The van der Waals surface area contributed by atoms with E-state index >= 15 is 0 Å². The smallest absolute Gasteiger partial charge is 0.0725 e. The summed E-state index contributed by atoms with van der Waals surface area (Å²) in [4.78, 5) is 2.42. The second-order valence-corrected chi connectivity index (χ2v) is 21.0. The number of rotatable bonds is 7. The largest absolute Gasteiger partial charge is 0.310 e. The Morgan fingerprint density at radius 3 is 1.51 bits per heavy atom. The summed E-state index contributed by atoms with van der Waals surface area (Å²) >= 11 is 0. The van der Waals surface area contributed by atoms with Gasteiger partial charge in [-0.2, -0.15) is 0 Å². The van der Waals surface area contributed by atoms with E-state index in [0.717, 1.165) is 35.6 Å². The number of aromatic nitrogens is 1. The molecule has 16 rings (SSSR count). The third-order valence-corrected chi connectivity index (χ3v) is 17.4. The van der Waals surface area contributed by atoms with Crippen molar-refractivity contribution in [1.82, 2.24) is 4.57 Å². The first-order valence-corrected chi connectivity index (χ1v) is 26.8. The van der Waals surface area contributed by atoms with E-state index in [2.05, 4.69) is 289 Å². The highest BCUT2D eigenvalue weighted by atomic mass is 15.1. The van der Waals surface area contributed by atoms with E-state index in [0.29, 0.717) is 0 Å². The molecule has 11 aromatic carbocycles. The van der Waals surface area contributed by atoms with Crippen molar-refractivity contribution >= 4 is 44.4 Å². The molecule has 76 heavy (non-hydrogen) atoms. The second-order valence-electron chi connectivity index (χ2n) is 21.0. The van der Waals surface area contributed by atoms with E-state index in [4.69, 9.17) is 0 Å². The molecular weight excluding hydrogens is 917 g/mol. The van der Waals surface area contributed by atoms with E-state index in [9.17, 15) is 0 Å². The Morgan fingerprint density at radius 2 is 0.842 bits per heavy atom. The average molecular weight is 967 g/mol. The van der Waals surface area contributed by atoms with Crippen LogP contribution >= 0.6 is 0 Å². The highest BCUT2D eigenvalue weighted by Gasteiger charge is 2.52. The van der Waals surface area contributed by atoms with Gasteiger partial charge in [0.15, 0.2) is 0 Å². The van der Waals surface area contributed by atoms with Gasteiger partial charge in [-0.05, 0) is 175 Å². The number of nitrogens with zero attached hydrogens (tertiary/aromatic N) is 2. The number of anilines is 3. The lowest BCUT2D eigenvalue weighted by Crippen LogP contribution is -2.29. The van der Waals surface area contributed by atoms with Crippen LogP contribution in [-0.2, 0) is 10.8 Å². The van der Waals surface area contributed by atoms with Crippen LogP contribution in [0.25, 0.3) is 66.4 Å². The highest BCUT2D eigenvalue weighted by molar-refractivity contribution is 6.11. The van der Waals surface area contributed by atoms with E-state index < -0.39 is 5.41 Å². The van der Waals surface area contributed by atoms with Gasteiger partial charge in [0.2, 0.25) is 0 Å². The second kappa shape index (κ2) is 16.5. The van der Waals surface area contributed by atoms with Crippen molar-refractivity contribution in [3.05, 3.63) is 329 Å². The van der Waals surface area contributed by atoms with Gasteiger partial charge in [-0.15, -0.1) is 0 Å². The first kappa shape index (κ1) is 43.0. The Morgan fingerprint density at radius 1 is 0.342 bits per heavy atom. The van der Waals surface area contributed by atoms with E-state index in [-0.39, 0.29) is 5.41 Å². The van der Waals surface area contributed by atoms with Crippen LogP contribution in [-0.4, -0.2) is 4.57 Å². The third-order valence-electron chi connectivity index (χ3n) is 17.4. The van der Waals surface area contributed by atoms with Gasteiger partial charge in [0.05, 0.1) is 21.9 Å². The molecule has 0 saturated heterocycles. The zero-order valence-corrected chi connectivity index (χ0v) is 41.9. The number of allylic oxidation sites excluding steroid dienone is 4. The van der Waals surface area contributed by atoms with Crippen molar-refractivity contribution in [3.63, 3.8) is 0 Å². The van der Waals surface area contributed by atoms with Crippen molar-refractivity contribution in [3.8, 4) is 39.1 Å².